The highest BCUT2D eigenvalue weighted by molar-refractivity contribution is 7.99. The average Bonchev–Trinajstić information content (AvgIpc) is 2.75. The van der Waals surface area contributed by atoms with Crippen molar-refractivity contribution in [3.05, 3.63) is 46.8 Å². The Kier molecular flexibility index (Phi) is 4.66. The molecule has 0 saturated carbocycles. The second kappa shape index (κ2) is 6.26. The van der Waals surface area contributed by atoms with E-state index in [0.717, 1.165) is 29.2 Å². The van der Waals surface area contributed by atoms with Crippen molar-refractivity contribution in [2.24, 2.45) is 5.73 Å². The van der Waals surface area contributed by atoms with Crippen molar-refractivity contribution in [1.82, 2.24) is 4.98 Å². The molecule has 4 heteroatoms. The van der Waals surface area contributed by atoms with Crippen LogP contribution in [0, 0.1) is 13.8 Å². The van der Waals surface area contributed by atoms with Crippen molar-refractivity contribution < 1.29 is 4.42 Å². The molecule has 0 bridgehead atoms. The molecule has 0 saturated heterocycles. The van der Waals surface area contributed by atoms with Gasteiger partial charge in [0.25, 0.3) is 5.22 Å². The van der Waals surface area contributed by atoms with E-state index in [9.17, 15) is 0 Å². The molecule has 19 heavy (non-hydrogen) atoms. The van der Waals surface area contributed by atoms with E-state index < -0.39 is 0 Å². The summed E-state index contributed by atoms with van der Waals surface area (Å²) in [5, 5.41) is 0.704. The molecule has 0 radical (unpaired) electrons. The van der Waals surface area contributed by atoms with Crippen molar-refractivity contribution in [3.63, 3.8) is 0 Å². The highest BCUT2D eigenvalue weighted by atomic mass is 32.2. The van der Waals surface area contributed by atoms with Gasteiger partial charge in [0.2, 0.25) is 0 Å². The van der Waals surface area contributed by atoms with Crippen LogP contribution in [0.4, 0.5) is 0 Å². The molecule has 1 atom stereocenters. The fraction of sp³-hybridized carbons (Fsp3) is 0.400. The Hall–Kier alpha value is -1.26. The number of aryl methyl sites for hydroxylation is 3. The summed E-state index contributed by atoms with van der Waals surface area (Å²) in [6.45, 7) is 6.03. The molecule has 3 nitrogen and oxygen atoms in total. The lowest BCUT2D eigenvalue weighted by Crippen LogP contribution is -2.12. The van der Waals surface area contributed by atoms with Gasteiger partial charge in [0.15, 0.2) is 0 Å². The normalized spacial score (nSPS) is 12.6. The van der Waals surface area contributed by atoms with E-state index in [4.69, 9.17) is 10.2 Å². The topological polar surface area (TPSA) is 52.0 Å². The van der Waals surface area contributed by atoms with Gasteiger partial charge in [-0.25, -0.2) is 4.98 Å². The fourth-order valence-electron chi connectivity index (χ4n) is 1.76. The molecule has 2 aromatic rings. The van der Waals surface area contributed by atoms with Crippen LogP contribution < -0.4 is 5.73 Å². The number of aromatic nitrogens is 1. The van der Waals surface area contributed by atoms with Gasteiger partial charge in [0.05, 0.1) is 5.69 Å². The minimum absolute atomic E-state index is 0.00317. The van der Waals surface area contributed by atoms with Gasteiger partial charge in [0, 0.05) is 11.8 Å². The van der Waals surface area contributed by atoms with E-state index in [1.807, 2.05) is 13.8 Å². The van der Waals surface area contributed by atoms with E-state index in [2.05, 4.69) is 36.2 Å². The number of thioether (sulfide) groups is 1. The van der Waals surface area contributed by atoms with Crippen molar-refractivity contribution >= 4 is 11.8 Å². The van der Waals surface area contributed by atoms with Crippen LogP contribution in [0.25, 0.3) is 0 Å². The molecule has 0 fully saturated rings. The average molecular weight is 276 g/mol. The predicted molar refractivity (Wildman–Crippen MR) is 79.4 cm³/mol. The molecule has 1 unspecified atom stereocenters. The first-order valence-electron chi connectivity index (χ1n) is 6.51. The molecule has 0 spiro atoms. The summed E-state index contributed by atoms with van der Waals surface area (Å²) < 4.78 is 5.53. The molecule has 0 aliphatic rings. The van der Waals surface area contributed by atoms with Crippen LogP contribution in [0.3, 0.4) is 0 Å². The highest BCUT2D eigenvalue weighted by Gasteiger charge is 2.11. The van der Waals surface area contributed by atoms with Gasteiger partial charge in [0.1, 0.15) is 5.76 Å². The van der Waals surface area contributed by atoms with Crippen LogP contribution in [0.1, 0.15) is 35.5 Å². The zero-order valence-electron chi connectivity index (χ0n) is 11.6. The lowest BCUT2D eigenvalue weighted by Gasteiger charge is -2.10. The van der Waals surface area contributed by atoms with Gasteiger partial charge in [-0.3, -0.25) is 0 Å². The Morgan fingerprint density at radius 1 is 1.26 bits per heavy atom. The summed E-state index contributed by atoms with van der Waals surface area (Å²) in [5.41, 5.74) is 9.63. The second-order valence-electron chi connectivity index (χ2n) is 4.63. The number of benzene rings is 1. The number of oxazole rings is 1. The fourth-order valence-corrected chi connectivity index (χ4v) is 2.66. The Morgan fingerprint density at radius 3 is 2.47 bits per heavy atom. The quantitative estimate of drug-likeness (QED) is 0.847. The molecule has 0 aliphatic carbocycles. The van der Waals surface area contributed by atoms with Crippen LogP contribution in [0.15, 0.2) is 33.9 Å². The van der Waals surface area contributed by atoms with Crippen molar-refractivity contribution in [2.45, 2.75) is 38.5 Å². The first-order valence-corrected chi connectivity index (χ1v) is 7.50. The standard InChI is InChI=1S/C15H20N2OS/c1-4-12-5-7-13(8-6-12)14(16)9-19-15-17-10(2)11(3)18-15/h5-8,14H,4,9,16H2,1-3H3. The second-order valence-corrected chi connectivity index (χ2v) is 5.61. The van der Waals surface area contributed by atoms with Gasteiger partial charge in [-0.15, -0.1) is 0 Å². The Labute approximate surface area is 118 Å². The zero-order chi connectivity index (χ0) is 13.8. The van der Waals surface area contributed by atoms with Crippen molar-refractivity contribution in [1.29, 1.82) is 0 Å². The maximum Gasteiger partial charge on any atom is 0.256 e. The smallest absolute Gasteiger partial charge is 0.256 e. The lowest BCUT2D eigenvalue weighted by molar-refractivity contribution is 0.431. The Morgan fingerprint density at radius 2 is 1.95 bits per heavy atom. The van der Waals surface area contributed by atoms with E-state index >= 15 is 0 Å². The number of nitrogens with zero attached hydrogens (tertiary/aromatic N) is 1. The van der Waals surface area contributed by atoms with E-state index in [0.29, 0.717) is 5.22 Å². The maximum atomic E-state index is 6.19. The van der Waals surface area contributed by atoms with Gasteiger partial charge in [-0.2, -0.15) is 0 Å². The number of nitrogens with two attached hydrogens (primary N) is 1. The molecule has 0 aliphatic heterocycles. The maximum absolute atomic E-state index is 6.19. The number of hydrogen-bond donors (Lipinski definition) is 1. The first-order chi connectivity index (χ1) is 9.10. The first kappa shape index (κ1) is 14.2. The minimum Gasteiger partial charge on any atom is -0.437 e. The SMILES string of the molecule is CCc1ccc(C(N)CSc2nc(C)c(C)o2)cc1. The van der Waals surface area contributed by atoms with Gasteiger partial charge < -0.3 is 10.2 Å². The highest BCUT2D eigenvalue weighted by Crippen LogP contribution is 2.24. The molecule has 1 aromatic heterocycles. The Bertz CT molecular complexity index is 514. The number of hydrogen-bond acceptors (Lipinski definition) is 4. The van der Waals surface area contributed by atoms with Crippen LogP contribution >= 0.6 is 11.8 Å². The molecule has 1 heterocycles. The van der Waals surface area contributed by atoms with Gasteiger partial charge in [-0.05, 0) is 31.4 Å². The van der Waals surface area contributed by atoms with E-state index in [1.165, 1.54) is 5.56 Å². The summed E-state index contributed by atoms with van der Waals surface area (Å²) in [7, 11) is 0. The molecule has 1 aromatic carbocycles. The third-order valence-electron chi connectivity index (χ3n) is 3.21. The van der Waals surface area contributed by atoms with Crippen LogP contribution in [-0.4, -0.2) is 10.7 Å². The molecule has 102 valence electrons. The summed E-state index contributed by atoms with van der Waals surface area (Å²) >= 11 is 1.57. The van der Waals surface area contributed by atoms with Crippen LogP contribution in [-0.2, 0) is 6.42 Å². The largest absolute Gasteiger partial charge is 0.437 e. The van der Waals surface area contributed by atoms with Gasteiger partial charge >= 0.3 is 0 Å². The van der Waals surface area contributed by atoms with Crippen molar-refractivity contribution in [2.75, 3.05) is 5.75 Å². The molecule has 2 rings (SSSR count). The van der Waals surface area contributed by atoms with Crippen LogP contribution in [0.2, 0.25) is 0 Å². The zero-order valence-corrected chi connectivity index (χ0v) is 12.5. The van der Waals surface area contributed by atoms with Crippen LogP contribution in [0.5, 0.6) is 0 Å². The van der Waals surface area contributed by atoms with E-state index in [1.54, 1.807) is 11.8 Å². The third kappa shape index (κ3) is 3.61. The van der Waals surface area contributed by atoms with E-state index in [-0.39, 0.29) is 6.04 Å². The lowest BCUT2D eigenvalue weighted by atomic mass is 10.1. The van der Waals surface area contributed by atoms with Crippen molar-refractivity contribution in [3.8, 4) is 0 Å². The number of rotatable bonds is 5. The Balaban J connectivity index is 1.94. The summed E-state index contributed by atoms with van der Waals surface area (Å²) in [4.78, 5) is 4.34. The molecular formula is C15H20N2OS. The molecule has 2 N–H and O–H groups in total. The molecule has 0 amide bonds. The predicted octanol–water partition coefficient (Wildman–Crippen LogP) is 3.65. The minimum atomic E-state index is 0.00317. The summed E-state index contributed by atoms with van der Waals surface area (Å²) in [6, 6.07) is 8.49. The molecular weight excluding hydrogens is 256 g/mol. The monoisotopic (exact) mass is 276 g/mol. The van der Waals surface area contributed by atoms with Gasteiger partial charge in [-0.1, -0.05) is 43.0 Å². The summed E-state index contributed by atoms with van der Waals surface area (Å²) in [5.74, 6) is 1.65. The third-order valence-corrected chi connectivity index (χ3v) is 4.16. The summed E-state index contributed by atoms with van der Waals surface area (Å²) in [6.07, 6.45) is 1.05.